The molecule has 4 heteroatoms. The van der Waals surface area contributed by atoms with Gasteiger partial charge in [-0.15, -0.1) is 0 Å². The molecule has 2 rings (SSSR count). The van der Waals surface area contributed by atoms with Crippen LogP contribution in [0.4, 0.5) is 5.69 Å². The number of rotatable bonds is 5. The van der Waals surface area contributed by atoms with Crippen LogP contribution in [0.15, 0.2) is 18.2 Å². The quantitative estimate of drug-likeness (QED) is 0.870. The van der Waals surface area contributed by atoms with Gasteiger partial charge in [0.2, 0.25) is 5.91 Å². The summed E-state index contributed by atoms with van der Waals surface area (Å²) in [6.45, 7) is 11.4. The average Bonchev–Trinajstić information content (AvgIpc) is 2.42. The van der Waals surface area contributed by atoms with Crippen LogP contribution in [0.2, 0.25) is 0 Å². The fourth-order valence-corrected chi connectivity index (χ4v) is 3.31. The maximum atomic E-state index is 12.1. The summed E-state index contributed by atoms with van der Waals surface area (Å²) < 4.78 is 5.75. The number of para-hydroxylation sites is 1. The Morgan fingerprint density at radius 2 is 1.82 bits per heavy atom. The van der Waals surface area contributed by atoms with Crippen LogP contribution in [0.5, 0.6) is 0 Å². The fourth-order valence-electron chi connectivity index (χ4n) is 3.31. The third kappa shape index (κ3) is 4.82. The highest BCUT2D eigenvalue weighted by Gasteiger charge is 2.25. The fraction of sp³-hybridized carbons (Fsp3) is 0.611. The lowest BCUT2D eigenvalue weighted by atomic mass is 10.1. The van der Waals surface area contributed by atoms with Crippen molar-refractivity contribution in [3.8, 4) is 0 Å². The largest absolute Gasteiger partial charge is 0.364 e. The van der Waals surface area contributed by atoms with Gasteiger partial charge < -0.3 is 15.0 Å². The van der Waals surface area contributed by atoms with Crippen LogP contribution in [-0.2, 0) is 9.53 Å². The Balaban J connectivity index is 1.76. The van der Waals surface area contributed by atoms with Gasteiger partial charge in [-0.25, -0.2) is 0 Å². The van der Waals surface area contributed by atoms with Crippen molar-refractivity contribution in [2.45, 2.75) is 52.7 Å². The van der Waals surface area contributed by atoms with Gasteiger partial charge >= 0.3 is 0 Å². The van der Waals surface area contributed by atoms with Crippen molar-refractivity contribution >= 4 is 11.6 Å². The molecule has 2 N–H and O–H groups in total. The van der Waals surface area contributed by atoms with E-state index in [1.54, 1.807) is 4.90 Å². The number of hydrogen-bond acceptors (Lipinski definition) is 2. The molecule has 1 aliphatic rings. The van der Waals surface area contributed by atoms with E-state index in [0.717, 1.165) is 42.9 Å². The van der Waals surface area contributed by atoms with Gasteiger partial charge in [-0.05, 0) is 38.8 Å². The molecule has 0 bridgehead atoms. The van der Waals surface area contributed by atoms with Crippen LogP contribution in [0, 0.1) is 13.8 Å². The van der Waals surface area contributed by atoms with E-state index in [1.165, 1.54) is 0 Å². The minimum atomic E-state index is 0.117. The van der Waals surface area contributed by atoms with Gasteiger partial charge in [-0.2, -0.15) is 0 Å². The number of ether oxygens (including phenoxy) is 1. The molecule has 1 aromatic rings. The van der Waals surface area contributed by atoms with Crippen LogP contribution >= 0.6 is 0 Å². The maximum absolute atomic E-state index is 12.1. The Hall–Kier alpha value is -1.39. The van der Waals surface area contributed by atoms with Crippen molar-refractivity contribution in [2.24, 2.45) is 0 Å². The lowest BCUT2D eigenvalue weighted by molar-refractivity contribution is -0.915. The summed E-state index contributed by atoms with van der Waals surface area (Å²) in [5.74, 6) is 0.117. The molecule has 0 aromatic heterocycles. The number of anilines is 1. The molecule has 1 aromatic carbocycles. The zero-order chi connectivity index (χ0) is 16.1. The third-order valence-corrected chi connectivity index (χ3v) is 4.30. The molecule has 0 aliphatic carbocycles. The normalized spacial score (nSPS) is 25.0. The second-order valence-corrected chi connectivity index (χ2v) is 6.58. The molecule has 4 nitrogen and oxygen atoms in total. The average molecular weight is 305 g/mol. The van der Waals surface area contributed by atoms with Gasteiger partial charge in [0, 0.05) is 18.5 Å². The highest BCUT2D eigenvalue weighted by Crippen LogP contribution is 2.19. The Kier molecular flexibility index (Phi) is 5.98. The molecule has 22 heavy (non-hydrogen) atoms. The van der Waals surface area contributed by atoms with Gasteiger partial charge in [0.15, 0.2) is 0 Å². The topological polar surface area (TPSA) is 42.8 Å². The molecule has 0 spiro atoms. The Bertz CT molecular complexity index is 486. The number of hydrogen-bond donors (Lipinski definition) is 2. The summed E-state index contributed by atoms with van der Waals surface area (Å²) in [7, 11) is 0. The van der Waals surface area contributed by atoms with Crippen molar-refractivity contribution in [1.29, 1.82) is 0 Å². The predicted octanol–water partition coefficient (Wildman–Crippen LogP) is 1.71. The van der Waals surface area contributed by atoms with Crippen LogP contribution in [0.25, 0.3) is 0 Å². The van der Waals surface area contributed by atoms with Crippen molar-refractivity contribution in [2.75, 3.05) is 25.0 Å². The van der Waals surface area contributed by atoms with E-state index >= 15 is 0 Å². The SMILES string of the molecule is Cc1cccc(C)c1NC(=O)CCC[NH+]1C[C@@H](C)O[C@@H](C)C1. The van der Waals surface area contributed by atoms with E-state index in [1.807, 2.05) is 32.0 Å². The predicted molar refractivity (Wildman–Crippen MR) is 89.4 cm³/mol. The first-order chi connectivity index (χ1) is 10.5. The van der Waals surface area contributed by atoms with Crippen LogP contribution < -0.4 is 10.2 Å². The molecule has 122 valence electrons. The first kappa shape index (κ1) is 17.0. The zero-order valence-corrected chi connectivity index (χ0v) is 14.2. The molecule has 1 aliphatic heterocycles. The summed E-state index contributed by atoms with van der Waals surface area (Å²) in [5.41, 5.74) is 3.21. The van der Waals surface area contributed by atoms with E-state index in [4.69, 9.17) is 4.74 Å². The van der Waals surface area contributed by atoms with E-state index in [0.29, 0.717) is 18.6 Å². The summed E-state index contributed by atoms with van der Waals surface area (Å²) >= 11 is 0. The number of quaternary nitrogens is 1. The van der Waals surface area contributed by atoms with E-state index in [-0.39, 0.29) is 5.91 Å². The Morgan fingerprint density at radius 3 is 2.41 bits per heavy atom. The molecule has 1 saturated heterocycles. The first-order valence-electron chi connectivity index (χ1n) is 8.30. The van der Waals surface area contributed by atoms with E-state index in [2.05, 4.69) is 19.2 Å². The van der Waals surface area contributed by atoms with Crippen molar-refractivity contribution in [3.63, 3.8) is 0 Å². The van der Waals surface area contributed by atoms with Crippen LogP contribution in [-0.4, -0.2) is 37.7 Å². The summed E-state index contributed by atoms with van der Waals surface area (Å²) in [5, 5.41) is 3.06. The minimum absolute atomic E-state index is 0.117. The van der Waals surface area contributed by atoms with Crippen molar-refractivity contribution in [1.82, 2.24) is 0 Å². The second-order valence-electron chi connectivity index (χ2n) is 6.58. The van der Waals surface area contributed by atoms with Gasteiger partial charge in [0.25, 0.3) is 0 Å². The molecule has 0 saturated carbocycles. The van der Waals surface area contributed by atoms with Crippen molar-refractivity contribution in [3.05, 3.63) is 29.3 Å². The highest BCUT2D eigenvalue weighted by atomic mass is 16.5. The number of carbonyl (C=O) groups is 1. The minimum Gasteiger partial charge on any atom is -0.364 e. The lowest BCUT2D eigenvalue weighted by Gasteiger charge is -2.32. The van der Waals surface area contributed by atoms with Gasteiger partial charge in [-0.3, -0.25) is 4.79 Å². The summed E-state index contributed by atoms with van der Waals surface area (Å²) in [6, 6.07) is 6.08. The summed E-state index contributed by atoms with van der Waals surface area (Å²) in [4.78, 5) is 13.7. The van der Waals surface area contributed by atoms with Gasteiger partial charge in [0.1, 0.15) is 25.3 Å². The molecular weight excluding hydrogens is 276 g/mol. The first-order valence-corrected chi connectivity index (χ1v) is 8.30. The number of aryl methyl sites for hydroxylation is 2. The molecule has 0 radical (unpaired) electrons. The Morgan fingerprint density at radius 1 is 1.23 bits per heavy atom. The number of morpholine rings is 1. The maximum Gasteiger partial charge on any atom is 0.224 e. The molecule has 1 heterocycles. The zero-order valence-electron chi connectivity index (χ0n) is 14.2. The van der Waals surface area contributed by atoms with E-state index in [9.17, 15) is 4.79 Å². The van der Waals surface area contributed by atoms with E-state index < -0.39 is 0 Å². The van der Waals surface area contributed by atoms with Crippen LogP contribution in [0.3, 0.4) is 0 Å². The Labute approximate surface area is 133 Å². The van der Waals surface area contributed by atoms with Crippen LogP contribution in [0.1, 0.15) is 37.8 Å². The number of benzene rings is 1. The third-order valence-electron chi connectivity index (χ3n) is 4.30. The second kappa shape index (κ2) is 7.75. The smallest absolute Gasteiger partial charge is 0.224 e. The van der Waals surface area contributed by atoms with Crippen molar-refractivity contribution < 1.29 is 14.4 Å². The summed E-state index contributed by atoms with van der Waals surface area (Å²) in [6.07, 6.45) is 2.15. The molecule has 1 fully saturated rings. The molecule has 3 atom stereocenters. The number of nitrogens with one attached hydrogen (secondary N) is 2. The highest BCUT2D eigenvalue weighted by molar-refractivity contribution is 5.92. The van der Waals surface area contributed by atoms with Gasteiger partial charge in [-0.1, -0.05) is 18.2 Å². The van der Waals surface area contributed by atoms with Gasteiger partial charge in [0.05, 0.1) is 6.54 Å². The number of amides is 1. The number of carbonyl (C=O) groups excluding carboxylic acids is 1. The monoisotopic (exact) mass is 305 g/mol. The molecule has 1 unspecified atom stereocenters. The molecular formula is C18H29N2O2+. The lowest BCUT2D eigenvalue weighted by Crippen LogP contribution is -3.15. The molecule has 1 amide bonds. The standard InChI is InChI=1S/C18H28N2O2/c1-13-7-5-8-14(2)18(13)19-17(21)9-6-10-20-11-15(3)22-16(4)12-20/h5,7-8,15-16H,6,9-12H2,1-4H3,(H,19,21)/p+1/t15-,16+.